The zero-order valence-corrected chi connectivity index (χ0v) is 24.0. The lowest BCUT2D eigenvalue weighted by Crippen LogP contribution is -2.41. The lowest BCUT2D eigenvalue weighted by molar-refractivity contribution is -0.254. The highest BCUT2D eigenvalue weighted by atomic mass is 19.4. The minimum atomic E-state index is -4.45. The second-order valence-electron chi connectivity index (χ2n) is 10.6. The first-order valence-electron chi connectivity index (χ1n) is 14.2. The molecule has 0 spiro atoms. The van der Waals surface area contributed by atoms with E-state index in [0.29, 0.717) is 42.8 Å². The van der Waals surface area contributed by atoms with Crippen molar-refractivity contribution in [1.29, 1.82) is 0 Å². The summed E-state index contributed by atoms with van der Waals surface area (Å²) in [5, 5.41) is 4.37. The molecule has 0 amide bonds. The molecular weight excluding hydrogens is 553 g/mol. The summed E-state index contributed by atoms with van der Waals surface area (Å²) in [6, 6.07) is 5.08. The molecule has 0 unspecified atom stereocenters. The van der Waals surface area contributed by atoms with Crippen LogP contribution in [0.25, 0.3) is 22.6 Å². The number of methoxy groups -OCH3 is 1. The summed E-state index contributed by atoms with van der Waals surface area (Å²) >= 11 is 0. The zero-order chi connectivity index (χ0) is 30.1. The Labute approximate surface area is 240 Å². The van der Waals surface area contributed by atoms with Crippen molar-refractivity contribution in [2.24, 2.45) is 0 Å². The largest absolute Gasteiger partial charge is 0.416 e. The predicted octanol–water partition coefficient (Wildman–Crippen LogP) is 5.00. The van der Waals surface area contributed by atoms with E-state index < -0.39 is 28.8 Å². The molecule has 1 aliphatic carbocycles. The van der Waals surface area contributed by atoms with Gasteiger partial charge in [0.05, 0.1) is 23.9 Å². The van der Waals surface area contributed by atoms with E-state index in [-0.39, 0.29) is 31.0 Å². The van der Waals surface area contributed by atoms with Crippen LogP contribution >= 0.6 is 0 Å². The fourth-order valence-electron chi connectivity index (χ4n) is 5.62. The number of hydrogen-bond acceptors (Lipinski definition) is 6. The van der Waals surface area contributed by atoms with Crippen LogP contribution in [0.2, 0.25) is 0 Å². The monoisotopic (exact) mass is 588 g/mol. The Balaban J connectivity index is 1.60. The smallest absolute Gasteiger partial charge is 0.353 e. The molecule has 1 aromatic carbocycles. The van der Waals surface area contributed by atoms with Crippen LogP contribution in [-0.2, 0) is 42.0 Å². The van der Waals surface area contributed by atoms with Crippen molar-refractivity contribution in [2.75, 3.05) is 7.11 Å². The zero-order valence-electron chi connectivity index (χ0n) is 24.0. The van der Waals surface area contributed by atoms with Crippen LogP contribution in [0.4, 0.5) is 13.2 Å². The summed E-state index contributed by atoms with van der Waals surface area (Å²) in [7, 11) is 1.61. The molecule has 42 heavy (non-hydrogen) atoms. The van der Waals surface area contributed by atoms with Gasteiger partial charge in [-0.3, -0.25) is 23.2 Å². The Morgan fingerprint density at radius 2 is 1.81 bits per heavy atom. The molecule has 3 heterocycles. The molecule has 4 aromatic rings. The van der Waals surface area contributed by atoms with Gasteiger partial charge in [-0.15, -0.1) is 0 Å². The summed E-state index contributed by atoms with van der Waals surface area (Å²) in [5.74, 6) is -0.447. The summed E-state index contributed by atoms with van der Waals surface area (Å²) in [6.07, 6.45) is 3.74. The van der Waals surface area contributed by atoms with Crippen LogP contribution < -0.4 is 11.2 Å². The maximum Gasteiger partial charge on any atom is 0.416 e. The third-order valence-corrected chi connectivity index (χ3v) is 7.81. The maximum absolute atomic E-state index is 13.7. The number of nitrogens with zero attached hydrogens (tertiary/aromatic N) is 6. The highest BCUT2D eigenvalue weighted by Gasteiger charge is 2.34. The van der Waals surface area contributed by atoms with Crippen molar-refractivity contribution in [3.05, 3.63) is 68.6 Å². The fourth-order valence-corrected chi connectivity index (χ4v) is 5.62. The average Bonchev–Trinajstić information content (AvgIpc) is 3.59. The van der Waals surface area contributed by atoms with Crippen molar-refractivity contribution in [3.8, 4) is 11.4 Å². The molecule has 226 valence electrons. The number of alkyl halides is 3. The number of halogens is 3. The summed E-state index contributed by atoms with van der Waals surface area (Å²) in [6.45, 7) is 4.30. The van der Waals surface area contributed by atoms with Crippen LogP contribution in [0.15, 0.2) is 46.2 Å². The van der Waals surface area contributed by atoms with Crippen molar-refractivity contribution < 1.29 is 22.6 Å². The molecule has 10 nitrogen and oxygen atoms in total. The van der Waals surface area contributed by atoms with Crippen molar-refractivity contribution >= 4 is 11.2 Å². The Bertz CT molecular complexity index is 1680. The molecule has 3 aromatic heterocycles. The number of fused-ring (bicyclic) bond motifs is 1. The standard InChI is InChI=1S/C29H35F3N6O4/c1-4-14-37-26(39)23-25(36(5-2)27(37)40)34-24(38(23)19-42-28(41-3)12-7-6-8-13-28)21-16-33-35(18-21)17-20-10-9-11-22(15-20)29(30,31)32/h9-11,15-16,18H,4-8,12-14,17,19H2,1-3H3. The number of rotatable bonds is 10. The Morgan fingerprint density at radius 1 is 1.05 bits per heavy atom. The van der Waals surface area contributed by atoms with Crippen molar-refractivity contribution in [2.45, 2.75) is 90.7 Å². The third kappa shape index (κ3) is 5.67. The van der Waals surface area contributed by atoms with E-state index in [0.717, 1.165) is 31.4 Å². The number of aryl methyl sites for hydroxylation is 1. The van der Waals surface area contributed by atoms with Crippen molar-refractivity contribution in [3.63, 3.8) is 0 Å². The first-order valence-corrected chi connectivity index (χ1v) is 14.2. The first kappa shape index (κ1) is 29.8. The predicted molar refractivity (Wildman–Crippen MR) is 150 cm³/mol. The molecule has 1 fully saturated rings. The van der Waals surface area contributed by atoms with E-state index in [1.165, 1.54) is 26.1 Å². The van der Waals surface area contributed by atoms with Crippen LogP contribution in [0.1, 0.15) is 63.5 Å². The van der Waals surface area contributed by atoms with Crippen LogP contribution in [0.3, 0.4) is 0 Å². The normalized spacial score (nSPS) is 15.5. The van der Waals surface area contributed by atoms with Gasteiger partial charge < -0.3 is 9.47 Å². The second kappa shape index (κ2) is 11.9. The molecule has 0 aliphatic heterocycles. The summed E-state index contributed by atoms with van der Waals surface area (Å²) in [4.78, 5) is 31.7. The van der Waals surface area contributed by atoms with Crippen LogP contribution in [0, 0.1) is 0 Å². The molecule has 5 rings (SSSR count). The number of ether oxygens (including phenoxy) is 2. The van der Waals surface area contributed by atoms with E-state index in [9.17, 15) is 22.8 Å². The molecule has 13 heteroatoms. The second-order valence-corrected chi connectivity index (χ2v) is 10.6. The number of imidazole rings is 1. The van der Waals surface area contributed by atoms with Crippen LogP contribution in [-0.4, -0.2) is 41.4 Å². The van der Waals surface area contributed by atoms with Crippen molar-refractivity contribution in [1.82, 2.24) is 28.5 Å². The SMILES string of the molecule is CCCn1c(=O)c2c(nc(-c3cnn(Cc4cccc(C(F)(F)F)c4)c3)n2COC2(OC)CCCCC2)n(CC)c1=O. The van der Waals surface area contributed by atoms with Gasteiger partial charge in [0.15, 0.2) is 17.0 Å². The lowest BCUT2D eigenvalue weighted by Gasteiger charge is -2.35. The third-order valence-electron chi connectivity index (χ3n) is 7.81. The number of aromatic nitrogens is 6. The summed E-state index contributed by atoms with van der Waals surface area (Å²) < 4.78 is 57.7. The molecule has 0 bridgehead atoms. The molecule has 1 saturated carbocycles. The fraction of sp³-hybridized carbons (Fsp3) is 0.517. The van der Waals surface area contributed by atoms with Gasteiger partial charge in [0, 0.05) is 39.2 Å². The van der Waals surface area contributed by atoms with E-state index in [1.807, 2.05) is 13.8 Å². The Morgan fingerprint density at radius 3 is 2.48 bits per heavy atom. The maximum atomic E-state index is 13.7. The van der Waals surface area contributed by atoms with E-state index in [1.54, 1.807) is 23.9 Å². The van der Waals surface area contributed by atoms with Crippen LogP contribution in [0.5, 0.6) is 0 Å². The van der Waals surface area contributed by atoms with E-state index in [4.69, 9.17) is 14.5 Å². The van der Waals surface area contributed by atoms with E-state index >= 15 is 0 Å². The van der Waals surface area contributed by atoms with Gasteiger partial charge in [-0.2, -0.15) is 18.3 Å². The number of benzene rings is 1. The summed E-state index contributed by atoms with van der Waals surface area (Å²) in [5.41, 5.74) is -0.217. The minimum absolute atomic E-state index is 0.0538. The molecule has 1 aliphatic rings. The molecular formula is C29H35F3N6O4. The average molecular weight is 589 g/mol. The first-order chi connectivity index (χ1) is 20.1. The number of hydrogen-bond donors (Lipinski definition) is 0. The van der Waals surface area contributed by atoms with Gasteiger partial charge in [0.2, 0.25) is 0 Å². The Hall–Kier alpha value is -3.71. The quantitative estimate of drug-likeness (QED) is 0.242. The minimum Gasteiger partial charge on any atom is -0.353 e. The topological polar surface area (TPSA) is 98.1 Å². The van der Waals surface area contributed by atoms with E-state index in [2.05, 4.69) is 5.10 Å². The molecule has 0 radical (unpaired) electrons. The van der Waals surface area contributed by atoms with Gasteiger partial charge in [0.1, 0.15) is 12.6 Å². The van der Waals surface area contributed by atoms with Gasteiger partial charge in [-0.1, -0.05) is 25.5 Å². The van der Waals surface area contributed by atoms with Gasteiger partial charge >= 0.3 is 11.9 Å². The molecule has 0 atom stereocenters. The highest BCUT2D eigenvalue weighted by molar-refractivity contribution is 5.76. The highest BCUT2D eigenvalue weighted by Crippen LogP contribution is 2.34. The van der Waals surface area contributed by atoms with Gasteiger partial charge in [0.25, 0.3) is 5.56 Å². The van der Waals surface area contributed by atoms with Gasteiger partial charge in [-0.05, 0) is 43.9 Å². The molecule has 0 N–H and O–H groups in total. The van der Waals surface area contributed by atoms with Gasteiger partial charge in [-0.25, -0.2) is 9.78 Å². The Kier molecular flexibility index (Phi) is 8.42. The molecule has 0 saturated heterocycles. The lowest BCUT2D eigenvalue weighted by atomic mass is 9.94.